The molecule has 0 aromatic heterocycles. The molecule has 3 aliphatic rings. The lowest BCUT2D eigenvalue weighted by molar-refractivity contribution is -0.129. The molecule has 0 amide bonds. The maximum Gasteiger partial charge on any atom is 0.139 e. The van der Waals surface area contributed by atoms with Crippen molar-refractivity contribution in [2.45, 2.75) is 97.3 Å². The molecule has 0 N–H and O–H groups in total. The maximum absolute atomic E-state index is 12.8. The number of carbonyl (C=O) groups excluding carboxylic acids is 1. The Morgan fingerprint density at radius 3 is 1.43 bits per heavy atom. The van der Waals surface area contributed by atoms with Crippen LogP contribution in [0.2, 0.25) is 0 Å². The molecule has 1 nitrogen and oxygen atoms in total. The molecule has 3 saturated carbocycles. The molecule has 0 bridgehead atoms. The first-order chi connectivity index (χ1) is 11.1. The standard InChI is InChI=1S/C22H38O/c1-16-3-7-18(8-4-16)15-19-9-13-21(14-10-19)22(23)20-11-5-17(2)6-12-20/h16-21H,3-15H2,1-2H3. The van der Waals surface area contributed by atoms with Crippen LogP contribution in [0.5, 0.6) is 0 Å². The van der Waals surface area contributed by atoms with Gasteiger partial charge in [-0.25, -0.2) is 0 Å². The first-order valence-electron chi connectivity index (χ1n) is 10.7. The zero-order valence-corrected chi connectivity index (χ0v) is 15.6. The Labute approximate surface area is 144 Å². The van der Waals surface area contributed by atoms with Crippen LogP contribution in [0.4, 0.5) is 0 Å². The first kappa shape index (κ1) is 17.5. The molecule has 1 heteroatoms. The average Bonchev–Trinajstić information content (AvgIpc) is 2.58. The van der Waals surface area contributed by atoms with Crippen molar-refractivity contribution in [2.24, 2.45) is 35.5 Å². The van der Waals surface area contributed by atoms with Crippen LogP contribution in [-0.4, -0.2) is 5.78 Å². The number of hydrogen-bond acceptors (Lipinski definition) is 1. The van der Waals surface area contributed by atoms with Gasteiger partial charge in [0.25, 0.3) is 0 Å². The van der Waals surface area contributed by atoms with Gasteiger partial charge in [0, 0.05) is 11.8 Å². The van der Waals surface area contributed by atoms with Crippen LogP contribution in [0.1, 0.15) is 97.3 Å². The molecule has 0 spiro atoms. The first-order valence-corrected chi connectivity index (χ1v) is 10.7. The van der Waals surface area contributed by atoms with Crippen LogP contribution in [0.25, 0.3) is 0 Å². The van der Waals surface area contributed by atoms with Crippen LogP contribution in [-0.2, 0) is 4.79 Å². The lowest BCUT2D eigenvalue weighted by atomic mass is 9.70. The number of ketones is 1. The lowest BCUT2D eigenvalue weighted by Gasteiger charge is -2.35. The predicted octanol–water partition coefficient (Wildman–Crippen LogP) is 6.40. The molecular formula is C22H38O. The highest BCUT2D eigenvalue weighted by atomic mass is 16.1. The van der Waals surface area contributed by atoms with Gasteiger partial charge in [0.2, 0.25) is 0 Å². The summed E-state index contributed by atoms with van der Waals surface area (Å²) in [5.41, 5.74) is 0. The fraction of sp³-hybridized carbons (Fsp3) is 0.955. The van der Waals surface area contributed by atoms with E-state index in [4.69, 9.17) is 0 Å². The molecule has 0 atom stereocenters. The molecule has 3 rings (SSSR count). The average molecular weight is 319 g/mol. The molecule has 0 heterocycles. The molecule has 3 fully saturated rings. The van der Waals surface area contributed by atoms with Crippen molar-refractivity contribution in [1.29, 1.82) is 0 Å². The molecule has 23 heavy (non-hydrogen) atoms. The van der Waals surface area contributed by atoms with Gasteiger partial charge in [-0.2, -0.15) is 0 Å². The summed E-state index contributed by atoms with van der Waals surface area (Å²) in [7, 11) is 0. The summed E-state index contributed by atoms with van der Waals surface area (Å²) in [4.78, 5) is 12.8. The number of carbonyl (C=O) groups is 1. The van der Waals surface area contributed by atoms with Gasteiger partial charge in [-0.15, -0.1) is 0 Å². The van der Waals surface area contributed by atoms with E-state index in [1.54, 1.807) is 0 Å². The van der Waals surface area contributed by atoms with E-state index in [9.17, 15) is 4.79 Å². The molecule has 0 aromatic carbocycles. The normalized spacial score (nSPS) is 42.3. The van der Waals surface area contributed by atoms with E-state index in [-0.39, 0.29) is 0 Å². The largest absolute Gasteiger partial charge is 0.299 e. The topological polar surface area (TPSA) is 17.1 Å². The Balaban J connectivity index is 1.39. The third kappa shape index (κ3) is 4.83. The molecule has 0 aromatic rings. The summed E-state index contributed by atoms with van der Waals surface area (Å²) < 4.78 is 0. The van der Waals surface area contributed by atoms with Crippen LogP contribution in [0.15, 0.2) is 0 Å². The minimum atomic E-state index is 0.424. The van der Waals surface area contributed by atoms with E-state index in [1.807, 2.05) is 0 Å². The smallest absolute Gasteiger partial charge is 0.139 e. The number of rotatable bonds is 4. The SMILES string of the molecule is CC1CCC(CC2CCC(C(=O)C3CCC(C)CC3)CC2)CC1. The maximum atomic E-state index is 12.8. The highest BCUT2D eigenvalue weighted by molar-refractivity contribution is 5.83. The van der Waals surface area contributed by atoms with Gasteiger partial charge in [0.05, 0.1) is 0 Å². The van der Waals surface area contributed by atoms with E-state index in [1.165, 1.54) is 83.5 Å². The van der Waals surface area contributed by atoms with Gasteiger partial charge < -0.3 is 0 Å². The van der Waals surface area contributed by atoms with E-state index in [2.05, 4.69) is 13.8 Å². The third-order valence-corrected chi connectivity index (χ3v) is 7.47. The Kier molecular flexibility index (Phi) is 6.21. The fourth-order valence-electron chi connectivity index (χ4n) is 5.60. The number of hydrogen-bond donors (Lipinski definition) is 0. The quantitative estimate of drug-likeness (QED) is 0.585. The van der Waals surface area contributed by atoms with Crippen molar-refractivity contribution < 1.29 is 4.79 Å². The van der Waals surface area contributed by atoms with Gasteiger partial charge in [-0.3, -0.25) is 4.79 Å². The van der Waals surface area contributed by atoms with E-state index >= 15 is 0 Å². The highest BCUT2D eigenvalue weighted by Crippen LogP contribution is 2.40. The van der Waals surface area contributed by atoms with E-state index < -0.39 is 0 Å². The van der Waals surface area contributed by atoms with Crippen molar-refractivity contribution in [3.05, 3.63) is 0 Å². The van der Waals surface area contributed by atoms with Gasteiger partial charge >= 0.3 is 0 Å². The lowest BCUT2D eigenvalue weighted by Crippen LogP contribution is -2.30. The molecule has 0 unspecified atom stereocenters. The molecular weight excluding hydrogens is 280 g/mol. The predicted molar refractivity (Wildman–Crippen MR) is 97.3 cm³/mol. The summed E-state index contributed by atoms with van der Waals surface area (Å²) in [5.74, 6) is 5.27. The van der Waals surface area contributed by atoms with E-state index in [0.29, 0.717) is 17.6 Å². The molecule has 0 radical (unpaired) electrons. The van der Waals surface area contributed by atoms with Crippen LogP contribution in [0, 0.1) is 35.5 Å². The third-order valence-electron chi connectivity index (χ3n) is 7.47. The molecule has 0 saturated heterocycles. The van der Waals surface area contributed by atoms with Gasteiger partial charge in [0.15, 0.2) is 0 Å². The minimum absolute atomic E-state index is 0.424. The summed E-state index contributed by atoms with van der Waals surface area (Å²) in [6.45, 7) is 4.76. The van der Waals surface area contributed by atoms with Crippen molar-refractivity contribution in [3.63, 3.8) is 0 Å². The Bertz CT molecular complexity index is 363. The Morgan fingerprint density at radius 2 is 0.957 bits per heavy atom. The second-order valence-corrected chi connectivity index (χ2v) is 9.44. The zero-order valence-electron chi connectivity index (χ0n) is 15.6. The van der Waals surface area contributed by atoms with Crippen LogP contribution in [0.3, 0.4) is 0 Å². The van der Waals surface area contributed by atoms with Gasteiger partial charge in [-0.05, 0) is 68.6 Å². The fourth-order valence-corrected chi connectivity index (χ4v) is 5.60. The summed E-state index contributed by atoms with van der Waals surface area (Å²) in [5, 5.41) is 0. The van der Waals surface area contributed by atoms with Gasteiger partial charge in [0.1, 0.15) is 5.78 Å². The summed E-state index contributed by atoms with van der Waals surface area (Å²) in [6.07, 6.45) is 17.3. The highest BCUT2D eigenvalue weighted by Gasteiger charge is 2.33. The van der Waals surface area contributed by atoms with Crippen molar-refractivity contribution in [3.8, 4) is 0 Å². The van der Waals surface area contributed by atoms with Crippen molar-refractivity contribution in [2.75, 3.05) is 0 Å². The molecule has 0 aliphatic heterocycles. The summed E-state index contributed by atoms with van der Waals surface area (Å²) in [6, 6.07) is 0. The van der Waals surface area contributed by atoms with Crippen LogP contribution < -0.4 is 0 Å². The zero-order chi connectivity index (χ0) is 16.2. The summed E-state index contributed by atoms with van der Waals surface area (Å²) >= 11 is 0. The van der Waals surface area contributed by atoms with Crippen molar-refractivity contribution in [1.82, 2.24) is 0 Å². The van der Waals surface area contributed by atoms with Gasteiger partial charge in [-0.1, -0.05) is 52.4 Å². The second kappa shape index (κ2) is 8.17. The molecule has 132 valence electrons. The monoisotopic (exact) mass is 318 g/mol. The number of Topliss-reactive ketones (excluding diaryl/α,β-unsaturated/α-hetero) is 1. The minimum Gasteiger partial charge on any atom is -0.299 e. The Hall–Kier alpha value is -0.330. The molecule has 3 aliphatic carbocycles. The second-order valence-electron chi connectivity index (χ2n) is 9.44. The Morgan fingerprint density at radius 1 is 0.609 bits per heavy atom. The van der Waals surface area contributed by atoms with E-state index in [0.717, 1.165) is 23.7 Å². The van der Waals surface area contributed by atoms with Crippen LogP contribution >= 0.6 is 0 Å². The van der Waals surface area contributed by atoms with Crippen molar-refractivity contribution >= 4 is 5.78 Å².